The fourth-order valence-corrected chi connectivity index (χ4v) is 3.93. The molecule has 0 aliphatic carbocycles. The van der Waals surface area contributed by atoms with Crippen LogP contribution in [0.3, 0.4) is 0 Å². The summed E-state index contributed by atoms with van der Waals surface area (Å²) in [6.45, 7) is 10.3. The van der Waals surface area contributed by atoms with Crippen LogP contribution in [0.5, 0.6) is 0 Å². The van der Waals surface area contributed by atoms with Crippen molar-refractivity contribution in [2.75, 3.05) is 31.1 Å². The Kier molecular flexibility index (Phi) is 5.71. The number of hydrogen-bond donors (Lipinski definition) is 0. The third-order valence-electron chi connectivity index (χ3n) is 5.52. The lowest BCUT2D eigenvalue weighted by molar-refractivity contribution is 0.0746. The Morgan fingerprint density at radius 3 is 2.39 bits per heavy atom. The first-order chi connectivity index (χ1) is 14.9. The minimum atomic E-state index is -0.404. The monoisotopic (exact) mass is 422 g/mol. The molecule has 31 heavy (non-hydrogen) atoms. The Morgan fingerprint density at radius 1 is 1.00 bits per heavy atom. The van der Waals surface area contributed by atoms with Crippen LogP contribution in [0.4, 0.5) is 10.2 Å². The Hall–Kier alpha value is -3.29. The van der Waals surface area contributed by atoms with Crippen LogP contribution in [0.1, 0.15) is 40.2 Å². The number of carbonyl (C=O) groups excluding carboxylic acids is 1. The molecule has 8 heteroatoms. The first-order valence-electron chi connectivity index (χ1n) is 10.6. The fraction of sp³-hybridized carbons (Fsp3) is 0.391. The highest BCUT2D eigenvalue weighted by Crippen LogP contribution is 2.21. The van der Waals surface area contributed by atoms with Gasteiger partial charge in [-0.25, -0.2) is 19.0 Å². The van der Waals surface area contributed by atoms with Crippen molar-refractivity contribution < 1.29 is 9.18 Å². The van der Waals surface area contributed by atoms with E-state index in [2.05, 4.69) is 20.0 Å². The van der Waals surface area contributed by atoms with Gasteiger partial charge in [0.05, 0.1) is 5.69 Å². The van der Waals surface area contributed by atoms with Crippen molar-refractivity contribution in [1.82, 2.24) is 24.6 Å². The zero-order valence-corrected chi connectivity index (χ0v) is 18.4. The van der Waals surface area contributed by atoms with Crippen LogP contribution in [0.15, 0.2) is 30.3 Å². The molecule has 3 aromatic rings. The number of aryl methyl sites for hydroxylation is 4. The molecule has 0 bridgehead atoms. The van der Waals surface area contributed by atoms with Gasteiger partial charge in [-0.05, 0) is 45.0 Å². The average molecular weight is 423 g/mol. The summed E-state index contributed by atoms with van der Waals surface area (Å²) in [6, 6.07) is 8.33. The summed E-state index contributed by atoms with van der Waals surface area (Å²) in [5.74, 6) is 1.23. The van der Waals surface area contributed by atoms with E-state index in [-0.39, 0.29) is 5.91 Å². The van der Waals surface area contributed by atoms with Crippen molar-refractivity contribution in [3.63, 3.8) is 0 Å². The van der Waals surface area contributed by atoms with E-state index < -0.39 is 5.82 Å². The third kappa shape index (κ3) is 4.28. The van der Waals surface area contributed by atoms with Gasteiger partial charge in [-0.2, -0.15) is 5.10 Å². The molecule has 3 heterocycles. The Labute approximate surface area is 181 Å². The summed E-state index contributed by atoms with van der Waals surface area (Å²) in [5, 5.41) is 4.35. The molecule has 1 amide bonds. The van der Waals surface area contributed by atoms with E-state index in [1.54, 1.807) is 16.8 Å². The van der Waals surface area contributed by atoms with Gasteiger partial charge in [0.1, 0.15) is 23.1 Å². The number of halogens is 1. The van der Waals surface area contributed by atoms with E-state index in [4.69, 9.17) is 0 Å². The molecule has 1 aliphatic heterocycles. The molecular formula is C23H27FN6O. The maximum atomic E-state index is 14.5. The summed E-state index contributed by atoms with van der Waals surface area (Å²) in [6.07, 6.45) is 0.787. The van der Waals surface area contributed by atoms with Gasteiger partial charge in [-0.3, -0.25) is 4.79 Å². The standard InChI is InChI=1S/C23H27FN6O/c1-5-21-25-15(2)13-22(26-21)28-8-10-29(11-9-28)23(31)18-6-7-19(24)20(14-18)30-17(4)12-16(3)27-30/h6-7,12-14H,5,8-11H2,1-4H3. The van der Waals surface area contributed by atoms with E-state index in [1.165, 1.54) is 6.07 Å². The topological polar surface area (TPSA) is 67.2 Å². The molecule has 0 radical (unpaired) electrons. The summed E-state index contributed by atoms with van der Waals surface area (Å²) < 4.78 is 16.0. The van der Waals surface area contributed by atoms with Crippen molar-refractivity contribution in [1.29, 1.82) is 0 Å². The number of nitrogens with zero attached hydrogens (tertiary/aromatic N) is 6. The lowest BCUT2D eigenvalue weighted by Gasteiger charge is -2.35. The summed E-state index contributed by atoms with van der Waals surface area (Å²) in [4.78, 5) is 26.2. The largest absolute Gasteiger partial charge is 0.353 e. The van der Waals surface area contributed by atoms with E-state index in [0.29, 0.717) is 37.4 Å². The predicted molar refractivity (Wildman–Crippen MR) is 117 cm³/mol. The lowest BCUT2D eigenvalue weighted by Crippen LogP contribution is -2.49. The van der Waals surface area contributed by atoms with E-state index in [1.807, 2.05) is 44.7 Å². The maximum absolute atomic E-state index is 14.5. The molecule has 0 spiro atoms. The Bertz CT molecular complexity index is 1120. The minimum Gasteiger partial charge on any atom is -0.353 e. The molecule has 0 saturated carbocycles. The lowest BCUT2D eigenvalue weighted by atomic mass is 10.1. The van der Waals surface area contributed by atoms with Crippen LogP contribution in [-0.2, 0) is 6.42 Å². The van der Waals surface area contributed by atoms with E-state index in [9.17, 15) is 9.18 Å². The molecule has 1 saturated heterocycles. The average Bonchev–Trinajstić information content (AvgIpc) is 3.11. The van der Waals surface area contributed by atoms with Gasteiger partial charge in [0.25, 0.3) is 5.91 Å². The third-order valence-corrected chi connectivity index (χ3v) is 5.52. The number of rotatable bonds is 4. The zero-order chi connectivity index (χ0) is 22.1. The summed E-state index contributed by atoms with van der Waals surface area (Å²) in [7, 11) is 0. The number of benzene rings is 1. The number of amides is 1. The van der Waals surface area contributed by atoms with Gasteiger partial charge in [0.2, 0.25) is 0 Å². The number of anilines is 1. The smallest absolute Gasteiger partial charge is 0.254 e. The highest BCUT2D eigenvalue weighted by atomic mass is 19.1. The molecule has 7 nitrogen and oxygen atoms in total. The first-order valence-corrected chi connectivity index (χ1v) is 10.6. The second kappa shape index (κ2) is 8.45. The molecule has 162 valence electrons. The van der Waals surface area contributed by atoms with Gasteiger partial charge in [0, 0.05) is 55.6 Å². The molecule has 1 aromatic carbocycles. The fourth-order valence-electron chi connectivity index (χ4n) is 3.93. The summed E-state index contributed by atoms with van der Waals surface area (Å²) in [5.41, 5.74) is 3.32. The highest BCUT2D eigenvalue weighted by Gasteiger charge is 2.24. The van der Waals surface area contributed by atoms with Crippen LogP contribution in [0.25, 0.3) is 5.69 Å². The molecule has 0 N–H and O–H groups in total. The molecule has 2 aromatic heterocycles. The molecule has 1 aliphatic rings. The van der Waals surface area contributed by atoms with Crippen LogP contribution in [-0.4, -0.2) is 56.7 Å². The van der Waals surface area contributed by atoms with Crippen LogP contribution in [0, 0.1) is 26.6 Å². The highest BCUT2D eigenvalue weighted by molar-refractivity contribution is 5.95. The zero-order valence-electron chi connectivity index (χ0n) is 18.4. The van der Waals surface area contributed by atoms with Crippen molar-refractivity contribution in [2.45, 2.75) is 34.1 Å². The van der Waals surface area contributed by atoms with Gasteiger partial charge < -0.3 is 9.80 Å². The van der Waals surface area contributed by atoms with Crippen molar-refractivity contribution in [3.05, 3.63) is 64.6 Å². The van der Waals surface area contributed by atoms with Gasteiger partial charge >= 0.3 is 0 Å². The van der Waals surface area contributed by atoms with Crippen molar-refractivity contribution in [2.24, 2.45) is 0 Å². The predicted octanol–water partition coefficient (Wildman–Crippen LogP) is 3.25. The molecule has 1 fully saturated rings. The van der Waals surface area contributed by atoms with E-state index >= 15 is 0 Å². The van der Waals surface area contributed by atoms with Crippen LogP contribution < -0.4 is 4.90 Å². The molecule has 0 unspecified atom stereocenters. The van der Waals surface area contributed by atoms with Gasteiger partial charge in [-0.15, -0.1) is 0 Å². The number of aromatic nitrogens is 4. The number of hydrogen-bond acceptors (Lipinski definition) is 5. The SMILES string of the molecule is CCc1nc(C)cc(N2CCN(C(=O)c3ccc(F)c(-n4nc(C)cc4C)c3)CC2)n1. The molecule has 4 rings (SSSR count). The molecular weight excluding hydrogens is 395 g/mol. The number of piperazine rings is 1. The molecule has 0 atom stereocenters. The summed E-state index contributed by atoms with van der Waals surface area (Å²) >= 11 is 0. The Balaban J connectivity index is 1.50. The Morgan fingerprint density at radius 2 is 1.74 bits per heavy atom. The second-order valence-electron chi connectivity index (χ2n) is 7.92. The van der Waals surface area contributed by atoms with Gasteiger partial charge in [0.15, 0.2) is 0 Å². The second-order valence-corrected chi connectivity index (χ2v) is 7.92. The van der Waals surface area contributed by atoms with Gasteiger partial charge in [-0.1, -0.05) is 6.92 Å². The quantitative estimate of drug-likeness (QED) is 0.646. The van der Waals surface area contributed by atoms with Crippen molar-refractivity contribution in [3.8, 4) is 5.69 Å². The van der Waals surface area contributed by atoms with Crippen molar-refractivity contribution >= 4 is 11.7 Å². The van der Waals surface area contributed by atoms with Crippen LogP contribution >= 0.6 is 0 Å². The maximum Gasteiger partial charge on any atom is 0.254 e. The first kappa shape index (κ1) is 21.0. The van der Waals surface area contributed by atoms with Crippen LogP contribution in [0.2, 0.25) is 0 Å². The minimum absolute atomic E-state index is 0.101. The van der Waals surface area contributed by atoms with E-state index in [0.717, 1.165) is 35.1 Å². The number of carbonyl (C=O) groups is 1. The normalized spacial score (nSPS) is 14.2.